The van der Waals surface area contributed by atoms with Crippen LogP contribution in [-0.4, -0.2) is 28.6 Å². The molecule has 1 aromatic rings. The highest BCUT2D eigenvalue weighted by atomic mass is 15.3. The third-order valence-corrected chi connectivity index (χ3v) is 3.49. The van der Waals surface area contributed by atoms with Crippen molar-refractivity contribution in [2.75, 3.05) is 0 Å². The van der Waals surface area contributed by atoms with Crippen molar-refractivity contribution in [1.82, 2.24) is 14.6 Å². The van der Waals surface area contributed by atoms with Gasteiger partial charge in [-0.25, -0.2) is 0 Å². The van der Waals surface area contributed by atoms with Gasteiger partial charge in [-0.2, -0.15) is 5.10 Å². The van der Waals surface area contributed by atoms with E-state index in [9.17, 15) is 0 Å². The van der Waals surface area contributed by atoms with Crippen LogP contribution in [0.3, 0.4) is 0 Å². The average Bonchev–Trinajstić information content (AvgIpc) is 2.65. The molecule has 0 saturated carbocycles. The van der Waals surface area contributed by atoms with Crippen LogP contribution in [0.5, 0.6) is 0 Å². The number of hydrogen-bond donors (Lipinski definition) is 0. The van der Waals surface area contributed by atoms with Gasteiger partial charge in [0.2, 0.25) is 0 Å². The van der Waals surface area contributed by atoms with Gasteiger partial charge in [0.1, 0.15) is 0 Å². The van der Waals surface area contributed by atoms with Crippen molar-refractivity contribution in [3.8, 4) is 0 Å². The van der Waals surface area contributed by atoms with Gasteiger partial charge in [-0.05, 0) is 33.7 Å². The third-order valence-electron chi connectivity index (χ3n) is 3.49. The quantitative estimate of drug-likeness (QED) is 0.724. The monoisotopic (exact) mass is 221 g/mol. The molecule has 0 amide bonds. The minimum atomic E-state index is 0.0291. The smallest absolute Gasteiger partial charge is 0.186 e. The highest BCUT2D eigenvalue weighted by Crippen LogP contribution is 2.27. The van der Waals surface area contributed by atoms with Gasteiger partial charge in [0.25, 0.3) is 0 Å². The Kier molecular flexibility index (Phi) is 3.84. The summed E-state index contributed by atoms with van der Waals surface area (Å²) in [5.74, 6) is 0. The molecule has 0 atom stereocenters. The van der Waals surface area contributed by atoms with Crippen molar-refractivity contribution >= 4 is 7.98 Å². The summed E-state index contributed by atoms with van der Waals surface area (Å²) in [5.41, 5.74) is 1.30. The molecule has 0 radical (unpaired) electrons. The first kappa shape index (κ1) is 13.3. The summed E-state index contributed by atoms with van der Waals surface area (Å²) < 4.78 is 2.02. The average molecular weight is 221 g/mol. The van der Waals surface area contributed by atoms with Crippen LogP contribution < -0.4 is 0 Å². The van der Waals surface area contributed by atoms with Gasteiger partial charge in [0.15, 0.2) is 7.98 Å². The van der Waals surface area contributed by atoms with Crippen LogP contribution >= 0.6 is 0 Å². The Labute approximate surface area is 100 Å². The van der Waals surface area contributed by atoms with E-state index < -0.39 is 0 Å². The second-order valence-corrected chi connectivity index (χ2v) is 5.57. The van der Waals surface area contributed by atoms with Gasteiger partial charge < -0.3 is 4.81 Å². The minimum absolute atomic E-state index is 0.0291. The van der Waals surface area contributed by atoms with E-state index in [0.29, 0.717) is 12.1 Å². The Bertz CT molecular complexity index is 342. The largest absolute Gasteiger partial charge is 0.338 e. The Morgan fingerprint density at radius 2 is 1.88 bits per heavy atom. The SMILES string of the molecule is BN(C(C)C)C(C)(C)c1cnn(C(C)C)c1. The number of aromatic nitrogens is 2. The Morgan fingerprint density at radius 1 is 1.31 bits per heavy atom. The van der Waals surface area contributed by atoms with Gasteiger partial charge in [0.05, 0.1) is 6.20 Å². The lowest BCUT2D eigenvalue weighted by molar-refractivity contribution is 0.199. The zero-order chi connectivity index (χ0) is 12.5. The van der Waals surface area contributed by atoms with Gasteiger partial charge in [-0.3, -0.25) is 4.68 Å². The van der Waals surface area contributed by atoms with Crippen molar-refractivity contribution in [2.24, 2.45) is 0 Å². The molecule has 1 aromatic heterocycles. The van der Waals surface area contributed by atoms with Crippen LogP contribution in [0.1, 0.15) is 53.1 Å². The molecule has 0 aromatic carbocycles. The van der Waals surface area contributed by atoms with Crippen LogP contribution in [-0.2, 0) is 5.54 Å². The molecule has 0 fully saturated rings. The van der Waals surface area contributed by atoms with E-state index >= 15 is 0 Å². The highest BCUT2D eigenvalue weighted by Gasteiger charge is 2.28. The molecular weight excluding hydrogens is 197 g/mol. The van der Waals surface area contributed by atoms with E-state index in [1.807, 2.05) is 10.9 Å². The fraction of sp³-hybridized carbons (Fsp3) is 0.750. The van der Waals surface area contributed by atoms with Crippen LogP contribution in [0.2, 0.25) is 0 Å². The summed E-state index contributed by atoms with van der Waals surface area (Å²) in [4.78, 5) is 2.37. The standard InChI is InChI=1S/C12H24BN3/c1-9(2)15-8-11(7-14-15)12(5,6)16(13)10(3)4/h7-10H,13H2,1-6H3. The Morgan fingerprint density at radius 3 is 2.25 bits per heavy atom. The molecule has 0 aliphatic rings. The van der Waals surface area contributed by atoms with E-state index in [1.54, 1.807) is 0 Å². The lowest BCUT2D eigenvalue weighted by atomic mass is 9.90. The van der Waals surface area contributed by atoms with E-state index in [2.05, 4.69) is 65.6 Å². The maximum atomic E-state index is 4.41. The molecule has 4 heteroatoms. The van der Waals surface area contributed by atoms with Crippen molar-refractivity contribution < 1.29 is 0 Å². The number of rotatable bonds is 4. The first-order chi connectivity index (χ1) is 7.26. The molecule has 0 saturated heterocycles. The fourth-order valence-electron chi connectivity index (χ4n) is 1.79. The summed E-state index contributed by atoms with van der Waals surface area (Å²) in [7, 11) is 2.16. The third kappa shape index (κ3) is 2.49. The summed E-state index contributed by atoms with van der Waals surface area (Å²) >= 11 is 0. The Balaban J connectivity index is 2.97. The lowest BCUT2D eigenvalue weighted by Crippen LogP contribution is -2.43. The molecule has 1 rings (SSSR count). The first-order valence-corrected chi connectivity index (χ1v) is 6.04. The zero-order valence-corrected chi connectivity index (χ0v) is 11.7. The second-order valence-electron chi connectivity index (χ2n) is 5.57. The van der Waals surface area contributed by atoms with Gasteiger partial charge in [0, 0.05) is 23.3 Å². The molecular formula is C12H24BN3. The molecule has 0 aliphatic heterocycles. The summed E-state index contributed by atoms with van der Waals surface area (Å²) in [5, 5.41) is 4.41. The molecule has 0 spiro atoms. The van der Waals surface area contributed by atoms with E-state index in [4.69, 9.17) is 0 Å². The normalized spacial score (nSPS) is 13.1. The minimum Gasteiger partial charge on any atom is -0.338 e. The van der Waals surface area contributed by atoms with Gasteiger partial charge in [-0.1, -0.05) is 13.8 Å². The molecule has 3 nitrogen and oxygen atoms in total. The van der Waals surface area contributed by atoms with E-state index in [0.717, 1.165) is 0 Å². The van der Waals surface area contributed by atoms with E-state index in [1.165, 1.54) is 5.56 Å². The van der Waals surface area contributed by atoms with Crippen molar-refractivity contribution in [2.45, 2.75) is 59.2 Å². The summed E-state index contributed by atoms with van der Waals surface area (Å²) in [6.07, 6.45) is 4.14. The maximum absolute atomic E-state index is 4.41. The van der Waals surface area contributed by atoms with Crippen LogP contribution in [0.4, 0.5) is 0 Å². The highest BCUT2D eigenvalue weighted by molar-refractivity contribution is 6.05. The molecule has 90 valence electrons. The van der Waals surface area contributed by atoms with Crippen molar-refractivity contribution in [3.05, 3.63) is 18.0 Å². The summed E-state index contributed by atoms with van der Waals surface area (Å²) in [6, 6.07) is 0.950. The molecule has 0 unspecified atom stereocenters. The van der Waals surface area contributed by atoms with Crippen molar-refractivity contribution in [1.29, 1.82) is 0 Å². The molecule has 16 heavy (non-hydrogen) atoms. The van der Waals surface area contributed by atoms with Crippen LogP contribution in [0, 0.1) is 0 Å². The zero-order valence-electron chi connectivity index (χ0n) is 11.7. The van der Waals surface area contributed by atoms with Gasteiger partial charge in [-0.15, -0.1) is 0 Å². The van der Waals surface area contributed by atoms with E-state index in [-0.39, 0.29) is 5.54 Å². The lowest BCUT2D eigenvalue weighted by Gasteiger charge is -2.38. The second kappa shape index (κ2) is 4.62. The topological polar surface area (TPSA) is 21.1 Å². The maximum Gasteiger partial charge on any atom is 0.186 e. The molecule has 1 heterocycles. The van der Waals surface area contributed by atoms with Crippen LogP contribution in [0.25, 0.3) is 0 Å². The Hall–Kier alpha value is -0.765. The predicted molar refractivity (Wildman–Crippen MR) is 71.2 cm³/mol. The van der Waals surface area contributed by atoms with Crippen LogP contribution in [0.15, 0.2) is 12.4 Å². The first-order valence-electron chi connectivity index (χ1n) is 6.04. The molecule has 0 bridgehead atoms. The molecule has 0 N–H and O–H groups in total. The summed E-state index contributed by atoms with van der Waals surface area (Å²) in [6.45, 7) is 13.2. The number of hydrogen-bond acceptors (Lipinski definition) is 2. The predicted octanol–water partition coefficient (Wildman–Crippen LogP) is 1.96. The van der Waals surface area contributed by atoms with Gasteiger partial charge >= 0.3 is 0 Å². The molecule has 0 aliphatic carbocycles. The number of nitrogens with zero attached hydrogens (tertiary/aromatic N) is 3. The van der Waals surface area contributed by atoms with Crippen molar-refractivity contribution in [3.63, 3.8) is 0 Å². The fourth-order valence-corrected chi connectivity index (χ4v) is 1.79.